The lowest BCUT2D eigenvalue weighted by molar-refractivity contribution is 0.720. The van der Waals surface area contributed by atoms with Crippen molar-refractivity contribution in [3.05, 3.63) is 78.0 Å². The fourth-order valence-electron chi connectivity index (χ4n) is 3.52. The summed E-state index contributed by atoms with van der Waals surface area (Å²) in [4.78, 5) is 8.78. The molecule has 0 aliphatic heterocycles. The summed E-state index contributed by atoms with van der Waals surface area (Å²) >= 11 is 0. The van der Waals surface area contributed by atoms with E-state index in [2.05, 4.69) is 69.1 Å². The number of hydrogen-bond donors (Lipinski definition) is 2. The largest absolute Gasteiger partial charge is 0.356 e. The third-order valence-corrected chi connectivity index (χ3v) is 5.09. The van der Waals surface area contributed by atoms with Crippen LogP contribution in [-0.4, -0.2) is 24.5 Å². The summed E-state index contributed by atoms with van der Waals surface area (Å²) in [5, 5.41) is 8.08. The zero-order chi connectivity index (χ0) is 17.8. The summed E-state index contributed by atoms with van der Waals surface area (Å²) in [5.41, 5.74) is 3.70. The van der Waals surface area contributed by atoms with Crippen molar-refractivity contribution in [2.75, 3.05) is 13.6 Å². The number of nitrogens with one attached hydrogen (secondary N) is 2. The van der Waals surface area contributed by atoms with Crippen molar-refractivity contribution in [2.45, 2.75) is 18.9 Å². The van der Waals surface area contributed by atoms with Gasteiger partial charge in [-0.05, 0) is 41.5 Å². The monoisotopic (exact) mass is 472 g/mol. The Bertz CT molecular complexity index is 905. The Kier molecular flexibility index (Phi) is 6.66. The number of guanidine groups is 1. The number of para-hydroxylation sites is 1. The predicted octanol–water partition coefficient (Wildman–Crippen LogP) is 4.32. The van der Waals surface area contributed by atoms with Crippen LogP contribution in [0.1, 0.15) is 23.5 Å². The van der Waals surface area contributed by atoms with Crippen LogP contribution in [0.15, 0.2) is 71.9 Å². The molecule has 1 fully saturated rings. The van der Waals surface area contributed by atoms with E-state index in [1.54, 1.807) is 0 Å². The summed E-state index contributed by atoms with van der Waals surface area (Å²) < 4.78 is 0. The van der Waals surface area contributed by atoms with Crippen molar-refractivity contribution >= 4 is 40.8 Å². The summed E-state index contributed by atoms with van der Waals surface area (Å²) in [7, 11) is 1.82. The first-order valence-corrected chi connectivity index (χ1v) is 9.17. The molecule has 0 amide bonds. The second-order valence-electron chi connectivity index (χ2n) is 6.81. The highest BCUT2D eigenvalue weighted by atomic mass is 127. The maximum atomic E-state index is 4.42. The van der Waals surface area contributed by atoms with Crippen LogP contribution in [0.3, 0.4) is 0 Å². The zero-order valence-electron chi connectivity index (χ0n) is 15.4. The average molecular weight is 472 g/mol. The van der Waals surface area contributed by atoms with Crippen LogP contribution in [0, 0.1) is 5.92 Å². The maximum absolute atomic E-state index is 4.42. The summed E-state index contributed by atoms with van der Waals surface area (Å²) in [5.74, 6) is 2.23. The van der Waals surface area contributed by atoms with E-state index in [0.717, 1.165) is 24.6 Å². The van der Waals surface area contributed by atoms with Crippen LogP contribution >= 0.6 is 24.0 Å². The molecule has 1 heterocycles. The molecule has 1 aromatic heterocycles. The molecule has 1 aliphatic carbocycles. The molecule has 2 unspecified atom stereocenters. The first kappa shape index (κ1) is 19.6. The number of fused-ring (bicyclic) bond motifs is 1. The number of rotatable bonds is 5. The molecule has 0 radical (unpaired) electrons. The highest BCUT2D eigenvalue weighted by molar-refractivity contribution is 14.0. The average Bonchev–Trinajstić information content (AvgIpc) is 3.48. The SMILES string of the molecule is CN=C(NCc1ccnc2ccccc12)NCC1CC1c1ccccc1.I. The quantitative estimate of drug-likeness (QED) is 0.331. The van der Waals surface area contributed by atoms with Gasteiger partial charge in [0.15, 0.2) is 5.96 Å². The van der Waals surface area contributed by atoms with Crippen molar-refractivity contribution in [1.29, 1.82) is 0 Å². The molecule has 0 saturated heterocycles. The molecule has 0 spiro atoms. The van der Waals surface area contributed by atoms with E-state index < -0.39 is 0 Å². The molecular weight excluding hydrogens is 447 g/mol. The minimum absolute atomic E-state index is 0. The van der Waals surface area contributed by atoms with Crippen LogP contribution in [-0.2, 0) is 6.54 Å². The Balaban J connectivity index is 0.00000210. The van der Waals surface area contributed by atoms with Gasteiger partial charge in [0.2, 0.25) is 0 Å². The topological polar surface area (TPSA) is 49.3 Å². The van der Waals surface area contributed by atoms with Gasteiger partial charge in [-0.3, -0.25) is 9.98 Å². The van der Waals surface area contributed by atoms with Gasteiger partial charge in [0, 0.05) is 31.7 Å². The van der Waals surface area contributed by atoms with E-state index in [1.807, 2.05) is 25.4 Å². The van der Waals surface area contributed by atoms with Crippen LogP contribution in [0.4, 0.5) is 0 Å². The van der Waals surface area contributed by atoms with E-state index in [1.165, 1.54) is 22.9 Å². The highest BCUT2D eigenvalue weighted by Gasteiger charge is 2.37. The first-order chi connectivity index (χ1) is 12.8. The van der Waals surface area contributed by atoms with Crippen LogP contribution < -0.4 is 10.6 Å². The van der Waals surface area contributed by atoms with Crippen molar-refractivity contribution in [3.8, 4) is 0 Å². The van der Waals surface area contributed by atoms with E-state index in [-0.39, 0.29) is 24.0 Å². The third kappa shape index (κ3) is 4.77. The Morgan fingerprint density at radius 1 is 1.04 bits per heavy atom. The smallest absolute Gasteiger partial charge is 0.191 e. The number of aliphatic imine (C=N–C) groups is 1. The molecule has 1 aliphatic rings. The van der Waals surface area contributed by atoms with Gasteiger partial charge in [-0.1, -0.05) is 48.5 Å². The van der Waals surface area contributed by atoms with E-state index in [9.17, 15) is 0 Å². The normalized spacial score (nSPS) is 18.6. The molecule has 2 aromatic carbocycles. The zero-order valence-corrected chi connectivity index (χ0v) is 17.8. The standard InChI is InChI=1S/C22H24N4.HI/c1-23-22(26-15-18-13-20(18)16-7-3-2-4-8-16)25-14-17-11-12-24-21-10-6-5-9-19(17)21;/h2-12,18,20H,13-15H2,1H3,(H2,23,25,26);1H. The maximum Gasteiger partial charge on any atom is 0.191 e. The molecule has 4 rings (SSSR count). The van der Waals surface area contributed by atoms with Gasteiger partial charge in [0.1, 0.15) is 0 Å². The van der Waals surface area contributed by atoms with Crippen molar-refractivity contribution in [2.24, 2.45) is 10.9 Å². The molecule has 2 atom stereocenters. The first-order valence-electron chi connectivity index (χ1n) is 9.17. The Morgan fingerprint density at radius 3 is 2.63 bits per heavy atom. The van der Waals surface area contributed by atoms with Gasteiger partial charge in [0.25, 0.3) is 0 Å². The fraction of sp³-hybridized carbons (Fsp3) is 0.273. The Morgan fingerprint density at radius 2 is 1.81 bits per heavy atom. The molecule has 27 heavy (non-hydrogen) atoms. The molecule has 5 heteroatoms. The summed E-state index contributed by atoms with van der Waals surface area (Å²) in [6.07, 6.45) is 3.12. The predicted molar refractivity (Wildman–Crippen MR) is 123 cm³/mol. The fourth-order valence-corrected chi connectivity index (χ4v) is 3.52. The van der Waals surface area contributed by atoms with Crippen molar-refractivity contribution in [1.82, 2.24) is 15.6 Å². The second-order valence-corrected chi connectivity index (χ2v) is 6.81. The van der Waals surface area contributed by atoms with Crippen LogP contribution in [0.25, 0.3) is 10.9 Å². The van der Waals surface area contributed by atoms with E-state index in [4.69, 9.17) is 0 Å². The molecule has 1 saturated carbocycles. The van der Waals surface area contributed by atoms with Gasteiger partial charge >= 0.3 is 0 Å². The molecule has 140 valence electrons. The van der Waals surface area contributed by atoms with Gasteiger partial charge in [0.05, 0.1) is 5.52 Å². The van der Waals surface area contributed by atoms with E-state index in [0.29, 0.717) is 11.8 Å². The summed E-state index contributed by atoms with van der Waals surface area (Å²) in [6, 6.07) is 21.1. The van der Waals surface area contributed by atoms with Gasteiger partial charge in [-0.15, -0.1) is 24.0 Å². The van der Waals surface area contributed by atoms with Crippen molar-refractivity contribution in [3.63, 3.8) is 0 Å². The number of hydrogen-bond acceptors (Lipinski definition) is 2. The van der Waals surface area contributed by atoms with Gasteiger partial charge in [-0.25, -0.2) is 0 Å². The third-order valence-electron chi connectivity index (χ3n) is 5.09. The lowest BCUT2D eigenvalue weighted by Gasteiger charge is -2.13. The Labute approximate surface area is 177 Å². The number of benzene rings is 2. The second kappa shape index (κ2) is 9.17. The molecule has 2 N–H and O–H groups in total. The number of pyridine rings is 1. The van der Waals surface area contributed by atoms with Crippen LogP contribution in [0.2, 0.25) is 0 Å². The number of aromatic nitrogens is 1. The van der Waals surface area contributed by atoms with Crippen molar-refractivity contribution < 1.29 is 0 Å². The lowest BCUT2D eigenvalue weighted by atomic mass is 10.1. The number of nitrogens with zero attached hydrogens (tertiary/aromatic N) is 2. The van der Waals surface area contributed by atoms with E-state index >= 15 is 0 Å². The van der Waals surface area contributed by atoms with Gasteiger partial charge in [-0.2, -0.15) is 0 Å². The van der Waals surface area contributed by atoms with Crippen LogP contribution in [0.5, 0.6) is 0 Å². The minimum Gasteiger partial charge on any atom is -0.356 e. The number of halogens is 1. The summed E-state index contributed by atoms with van der Waals surface area (Å²) in [6.45, 7) is 1.69. The molecule has 4 nitrogen and oxygen atoms in total. The lowest BCUT2D eigenvalue weighted by Crippen LogP contribution is -2.38. The Hall–Kier alpha value is -2.15. The van der Waals surface area contributed by atoms with Gasteiger partial charge < -0.3 is 10.6 Å². The molecule has 0 bridgehead atoms. The highest BCUT2D eigenvalue weighted by Crippen LogP contribution is 2.46. The molecular formula is C22H25IN4. The minimum atomic E-state index is 0. The molecule has 3 aromatic rings.